The molecule has 76 valence electrons. The Morgan fingerprint density at radius 1 is 1.46 bits per heavy atom. The lowest BCUT2D eigenvalue weighted by atomic mass is 10.1. The lowest BCUT2D eigenvalue weighted by Crippen LogP contribution is -2.36. The number of hydrogen-bond acceptors (Lipinski definition) is 3. The third-order valence-electron chi connectivity index (χ3n) is 2.30. The van der Waals surface area contributed by atoms with Crippen LogP contribution >= 0.6 is 0 Å². The predicted octanol–water partition coefficient (Wildman–Crippen LogP) is 1.65. The summed E-state index contributed by atoms with van der Waals surface area (Å²) < 4.78 is 5.02. The molecule has 0 N–H and O–H groups in total. The predicted molar refractivity (Wildman–Crippen MR) is 53.4 cm³/mol. The molecule has 1 atom stereocenters. The van der Waals surface area contributed by atoms with Crippen LogP contribution in [0.1, 0.15) is 26.7 Å². The summed E-state index contributed by atoms with van der Waals surface area (Å²) in [5, 5.41) is 8.63. The minimum absolute atomic E-state index is 0.394. The number of hydrogen-bond donors (Lipinski definition) is 0. The van der Waals surface area contributed by atoms with E-state index in [0.29, 0.717) is 12.5 Å². The van der Waals surface area contributed by atoms with Gasteiger partial charge in [0, 0.05) is 19.7 Å². The van der Waals surface area contributed by atoms with E-state index in [-0.39, 0.29) is 0 Å². The molecule has 0 aliphatic rings. The number of nitriles is 1. The highest BCUT2D eigenvalue weighted by molar-refractivity contribution is 4.81. The van der Waals surface area contributed by atoms with Gasteiger partial charge in [-0.2, -0.15) is 5.26 Å². The first-order chi connectivity index (χ1) is 6.29. The smallest absolute Gasteiger partial charge is 0.0638 e. The largest absolute Gasteiger partial charge is 0.383 e. The van der Waals surface area contributed by atoms with Crippen molar-refractivity contribution in [1.82, 2.24) is 4.90 Å². The molecule has 0 rings (SSSR count). The molecule has 3 nitrogen and oxygen atoms in total. The van der Waals surface area contributed by atoms with Gasteiger partial charge in [0.15, 0.2) is 0 Å². The monoisotopic (exact) mass is 184 g/mol. The molecular formula is C10H20N2O. The van der Waals surface area contributed by atoms with Gasteiger partial charge in [-0.3, -0.25) is 4.90 Å². The van der Waals surface area contributed by atoms with Crippen LogP contribution in [-0.4, -0.2) is 37.7 Å². The maximum Gasteiger partial charge on any atom is 0.0638 e. The second-order valence-electron chi connectivity index (χ2n) is 3.05. The standard InChI is InChI=1S/C10H20N2O/c1-4-10(6-7-11)12(5-2)8-9-13-3/h10H,4-6,8-9H2,1-3H3. The molecule has 0 fully saturated rings. The molecule has 1 unspecified atom stereocenters. The van der Waals surface area contributed by atoms with Crippen molar-refractivity contribution in [3.8, 4) is 6.07 Å². The van der Waals surface area contributed by atoms with Gasteiger partial charge in [-0.05, 0) is 13.0 Å². The molecule has 0 saturated heterocycles. The fraction of sp³-hybridized carbons (Fsp3) is 0.900. The van der Waals surface area contributed by atoms with Crippen molar-refractivity contribution in [1.29, 1.82) is 5.26 Å². The summed E-state index contributed by atoms with van der Waals surface area (Å²) in [5.41, 5.74) is 0. The first-order valence-corrected chi connectivity index (χ1v) is 4.90. The summed E-state index contributed by atoms with van der Waals surface area (Å²) in [7, 11) is 1.71. The maximum atomic E-state index is 8.63. The van der Waals surface area contributed by atoms with Crippen molar-refractivity contribution in [2.75, 3.05) is 26.8 Å². The second-order valence-corrected chi connectivity index (χ2v) is 3.05. The van der Waals surface area contributed by atoms with E-state index in [0.717, 1.165) is 26.1 Å². The fourth-order valence-corrected chi connectivity index (χ4v) is 1.44. The van der Waals surface area contributed by atoms with Gasteiger partial charge >= 0.3 is 0 Å². The molecule has 0 bridgehead atoms. The van der Waals surface area contributed by atoms with E-state index in [1.54, 1.807) is 7.11 Å². The SMILES string of the molecule is CCC(CC#N)N(CC)CCOC. The quantitative estimate of drug-likeness (QED) is 0.603. The molecule has 3 heteroatoms. The van der Waals surface area contributed by atoms with Crippen LogP contribution in [0.3, 0.4) is 0 Å². The van der Waals surface area contributed by atoms with Crippen molar-refractivity contribution < 1.29 is 4.74 Å². The number of likely N-dealkylation sites (N-methyl/N-ethyl adjacent to an activating group) is 1. The lowest BCUT2D eigenvalue weighted by Gasteiger charge is -2.27. The topological polar surface area (TPSA) is 36.3 Å². The van der Waals surface area contributed by atoms with Gasteiger partial charge in [0.05, 0.1) is 19.1 Å². The first kappa shape index (κ1) is 12.4. The van der Waals surface area contributed by atoms with Crippen LogP contribution in [0.4, 0.5) is 0 Å². The van der Waals surface area contributed by atoms with E-state index in [4.69, 9.17) is 10.00 Å². The zero-order chi connectivity index (χ0) is 10.1. The van der Waals surface area contributed by atoms with Crippen molar-refractivity contribution in [3.05, 3.63) is 0 Å². The summed E-state index contributed by atoms with van der Waals surface area (Å²) in [5.74, 6) is 0. The lowest BCUT2D eigenvalue weighted by molar-refractivity contribution is 0.123. The summed E-state index contributed by atoms with van der Waals surface area (Å²) >= 11 is 0. The van der Waals surface area contributed by atoms with Gasteiger partial charge in [-0.25, -0.2) is 0 Å². The highest BCUT2D eigenvalue weighted by atomic mass is 16.5. The van der Waals surface area contributed by atoms with Crippen molar-refractivity contribution >= 4 is 0 Å². The van der Waals surface area contributed by atoms with Gasteiger partial charge in [0.1, 0.15) is 0 Å². The van der Waals surface area contributed by atoms with E-state index < -0.39 is 0 Å². The second kappa shape index (κ2) is 8.03. The number of ether oxygens (including phenoxy) is 1. The van der Waals surface area contributed by atoms with E-state index in [2.05, 4.69) is 24.8 Å². The van der Waals surface area contributed by atoms with Crippen LogP contribution in [0.25, 0.3) is 0 Å². The van der Waals surface area contributed by atoms with Crippen molar-refractivity contribution in [2.45, 2.75) is 32.7 Å². The van der Waals surface area contributed by atoms with Crippen molar-refractivity contribution in [3.63, 3.8) is 0 Å². The van der Waals surface area contributed by atoms with Crippen LogP contribution < -0.4 is 0 Å². The average Bonchev–Trinajstić information content (AvgIpc) is 2.17. The molecule has 13 heavy (non-hydrogen) atoms. The maximum absolute atomic E-state index is 8.63. The van der Waals surface area contributed by atoms with Gasteiger partial charge in [-0.1, -0.05) is 13.8 Å². The zero-order valence-corrected chi connectivity index (χ0v) is 8.92. The third-order valence-corrected chi connectivity index (χ3v) is 2.30. The number of rotatable bonds is 7. The van der Waals surface area contributed by atoms with Crippen LogP contribution in [0, 0.1) is 11.3 Å². The molecule has 0 heterocycles. The summed E-state index contributed by atoms with van der Waals surface area (Å²) in [6.07, 6.45) is 1.65. The highest BCUT2D eigenvalue weighted by Gasteiger charge is 2.13. The Morgan fingerprint density at radius 3 is 2.54 bits per heavy atom. The first-order valence-electron chi connectivity index (χ1n) is 4.90. The minimum Gasteiger partial charge on any atom is -0.383 e. The van der Waals surface area contributed by atoms with Crippen LogP contribution in [0.5, 0.6) is 0 Å². The molecule has 0 aromatic carbocycles. The molecular weight excluding hydrogens is 164 g/mol. The van der Waals surface area contributed by atoms with Crippen molar-refractivity contribution in [2.24, 2.45) is 0 Å². The molecule has 0 radical (unpaired) electrons. The van der Waals surface area contributed by atoms with Gasteiger partial charge in [0.25, 0.3) is 0 Å². The van der Waals surface area contributed by atoms with Gasteiger partial charge in [-0.15, -0.1) is 0 Å². The molecule has 0 saturated carbocycles. The van der Waals surface area contributed by atoms with E-state index in [9.17, 15) is 0 Å². The molecule has 0 aromatic heterocycles. The normalized spacial score (nSPS) is 12.8. The van der Waals surface area contributed by atoms with Gasteiger partial charge < -0.3 is 4.74 Å². The summed E-state index contributed by atoms with van der Waals surface area (Å²) in [6, 6.07) is 2.62. The van der Waals surface area contributed by atoms with E-state index in [1.807, 2.05) is 0 Å². The fourth-order valence-electron chi connectivity index (χ4n) is 1.44. The average molecular weight is 184 g/mol. The third kappa shape index (κ3) is 4.87. The minimum atomic E-state index is 0.394. The van der Waals surface area contributed by atoms with Crippen LogP contribution in [0.15, 0.2) is 0 Å². The highest BCUT2D eigenvalue weighted by Crippen LogP contribution is 2.07. The Hall–Kier alpha value is -0.590. The Morgan fingerprint density at radius 2 is 2.15 bits per heavy atom. The Bertz CT molecular complexity index is 153. The molecule has 0 aromatic rings. The Labute approximate surface area is 81.3 Å². The molecule has 0 aliphatic heterocycles. The van der Waals surface area contributed by atoms with E-state index in [1.165, 1.54) is 0 Å². The number of nitrogens with zero attached hydrogens (tertiary/aromatic N) is 2. The molecule has 0 spiro atoms. The Balaban J connectivity index is 3.93. The number of methoxy groups -OCH3 is 1. The molecule has 0 aliphatic carbocycles. The van der Waals surface area contributed by atoms with Gasteiger partial charge in [0.2, 0.25) is 0 Å². The van der Waals surface area contributed by atoms with Crippen LogP contribution in [-0.2, 0) is 4.74 Å². The van der Waals surface area contributed by atoms with Crippen LogP contribution in [0.2, 0.25) is 0 Å². The van der Waals surface area contributed by atoms with E-state index >= 15 is 0 Å². The summed E-state index contributed by atoms with van der Waals surface area (Å²) in [4.78, 5) is 2.30. The summed E-state index contributed by atoms with van der Waals surface area (Å²) in [6.45, 7) is 6.90. The Kier molecular flexibility index (Phi) is 7.66. The zero-order valence-electron chi connectivity index (χ0n) is 8.92. The molecule has 0 amide bonds.